The van der Waals surface area contributed by atoms with Crippen LogP contribution in [0, 0.1) is 11.8 Å². The van der Waals surface area contributed by atoms with E-state index in [0.717, 1.165) is 43.9 Å². The summed E-state index contributed by atoms with van der Waals surface area (Å²) >= 11 is 0. The summed E-state index contributed by atoms with van der Waals surface area (Å²) in [7, 11) is -4.75. The van der Waals surface area contributed by atoms with Gasteiger partial charge < -0.3 is 19.3 Å². The minimum absolute atomic E-state index is 0.220. The lowest BCUT2D eigenvalue weighted by atomic mass is 9.99. The van der Waals surface area contributed by atoms with Crippen molar-refractivity contribution in [3.63, 3.8) is 0 Å². The Bertz CT molecular complexity index is 940. The molecule has 0 fully saturated rings. The molecule has 0 spiro atoms. The largest absolute Gasteiger partial charge is 0.469 e. The lowest BCUT2D eigenvalue weighted by molar-refractivity contribution is -0.161. The molecule has 0 rings (SSSR count). The van der Waals surface area contributed by atoms with Crippen molar-refractivity contribution in [3.8, 4) is 0 Å². The monoisotopic (exact) mass is 845 g/mol. The van der Waals surface area contributed by atoms with Crippen molar-refractivity contribution in [1.29, 1.82) is 0 Å². The predicted octanol–water partition coefficient (Wildman–Crippen LogP) is 15.7. The first-order chi connectivity index (χ1) is 28.1. The van der Waals surface area contributed by atoms with Crippen LogP contribution in [0.25, 0.3) is 0 Å². The number of rotatable bonds is 46. The fraction of sp³-hybridized carbons (Fsp3) is 0.959. The third-order valence-electron chi connectivity index (χ3n) is 12.2. The minimum atomic E-state index is -4.75. The maximum atomic E-state index is 12.5. The first-order valence-corrected chi connectivity index (χ1v) is 26.7. The molecule has 0 saturated heterocycles. The van der Waals surface area contributed by atoms with E-state index in [4.69, 9.17) is 19.3 Å². The number of phosphoric ester groups is 1. The van der Waals surface area contributed by atoms with Crippen molar-refractivity contribution in [1.82, 2.24) is 0 Å². The van der Waals surface area contributed by atoms with Crippen LogP contribution in [0.4, 0.5) is 0 Å². The fourth-order valence-corrected chi connectivity index (χ4v) is 8.04. The van der Waals surface area contributed by atoms with Gasteiger partial charge in [0.25, 0.3) is 0 Å². The molecule has 0 aliphatic heterocycles. The molecular weight excluding hydrogens is 748 g/mol. The third-order valence-corrected chi connectivity index (χ3v) is 12.7. The second kappa shape index (κ2) is 42.7. The van der Waals surface area contributed by atoms with Crippen LogP contribution in [-0.2, 0) is 28.2 Å². The van der Waals surface area contributed by atoms with Crippen LogP contribution >= 0.6 is 7.82 Å². The van der Waals surface area contributed by atoms with Gasteiger partial charge >= 0.3 is 19.8 Å². The smallest absolute Gasteiger partial charge is 0.462 e. The Hall–Kier alpha value is -0.950. The van der Waals surface area contributed by atoms with Crippen molar-refractivity contribution in [3.05, 3.63) is 0 Å². The molecule has 0 amide bonds. The Labute approximate surface area is 359 Å². The Morgan fingerprint density at radius 1 is 0.431 bits per heavy atom. The van der Waals surface area contributed by atoms with Crippen molar-refractivity contribution in [2.45, 2.75) is 278 Å². The van der Waals surface area contributed by atoms with E-state index in [-0.39, 0.29) is 19.4 Å². The van der Waals surface area contributed by atoms with Gasteiger partial charge in [0.2, 0.25) is 0 Å². The molecule has 2 N–H and O–H groups in total. The number of esters is 2. The first-order valence-electron chi connectivity index (χ1n) is 25.1. The standard InChI is InChI=1S/C49H97O8P/c1-5-45(3)39-35-31-27-23-19-15-11-9-7-8-10-12-18-22-26-30-34-38-42-49(51)57-47(44-56-58(52,53)54)43-55-48(50)41-37-33-29-25-21-17-14-13-16-20-24-28-32-36-40-46(4)6-2/h45-47H,5-44H2,1-4H3,(H2,52,53,54)/t45?,46?,47-/m1/s1. The highest BCUT2D eigenvalue weighted by Crippen LogP contribution is 2.36. The number of phosphoric acid groups is 1. The summed E-state index contributed by atoms with van der Waals surface area (Å²) in [6, 6.07) is 0. The number of hydrogen-bond donors (Lipinski definition) is 2. The van der Waals surface area contributed by atoms with E-state index >= 15 is 0 Å². The molecule has 9 heteroatoms. The van der Waals surface area contributed by atoms with Crippen molar-refractivity contribution >= 4 is 19.8 Å². The minimum Gasteiger partial charge on any atom is -0.462 e. The quantitative estimate of drug-likeness (QED) is 0.0353. The Kier molecular flexibility index (Phi) is 42.0. The summed E-state index contributed by atoms with van der Waals surface area (Å²) in [6.07, 6.45) is 45.4. The molecule has 58 heavy (non-hydrogen) atoms. The summed E-state index contributed by atoms with van der Waals surface area (Å²) in [5.74, 6) is 0.920. The van der Waals surface area contributed by atoms with E-state index < -0.39 is 32.5 Å². The number of carbonyl (C=O) groups excluding carboxylic acids is 2. The van der Waals surface area contributed by atoms with E-state index in [0.29, 0.717) is 6.42 Å². The summed E-state index contributed by atoms with van der Waals surface area (Å²) in [4.78, 5) is 43.1. The van der Waals surface area contributed by atoms with Crippen LogP contribution in [0.15, 0.2) is 0 Å². The van der Waals surface area contributed by atoms with E-state index in [1.165, 1.54) is 193 Å². The van der Waals surface area contributed by atoms with Gasteiger partial charge in [0.15, 0.2) is 6.10 Å². The van der Waals surface area contributed by atoms with Gasteiger partial charge in [-0.15, -0.1) is 0 Å². The van der Waals surface area contributed by atoms with Gasteiger partial charge in [-0.05, 0) is 24.7 Å². The van der Waals surface area contributed by atoms with Crippen LogP contribution in [0.2, 0.25) is 0 Å². The van der Waals surface area contributed by atoms with Crippen LogP contribution in [-0.4, -0.2) is 41.0 Å². The summed E-state index contributed by atoms with van der Waals surface area (Å²) in [5, 5.41) is 0. The van der Waals surface area contributed by atoms with E-state index in [1.54, 1.807) is 0 Å². The molecule has 0 aliphatic carbocycles. The SMILES string of the molecule is CCC(C)CCCCCCCCCCCCCCCCCCCCC(=O)O[C@H](COC(=O)CCCCCCCCCCCCCCCCC(C)CC)COP(=O)(O)O. The molecule has 0 aromatic carbocycles. The van der Waals surface area contributed by atoms with Crippen molar-refractivity contribution in [2.75, 3.05) is 13.2 Å². The maximum absolute atomic E-state index is 12.5. The number of unbranched alkanes of at least 4 members (excludes halogenated alkanes) is 30. The van der Waals surface area contributed by atoms with Crippen LogP contribution in [0.1, 0.15) is 272 Å². The van der Waals surface area contributed by atoms with Crippen molar-refractivity contribution < 1.29 is 37.9 Å². The second-order valence-corrected chi connectivity index (χ2v) is 19.2. The average Bonchev–Trinajstić information content (AvgIpc) is 3.20. The highest BCUT2D eigenvalue weighted by Gasteiger charge is 2.23. The van der Waals surface area contributed by atoms with Crippen LogP contribution in [0.3, 0.4) is 0 Å². The average molecular weight is 845 g/mol. The van der Waals surface area contributed by atoms with Crippen LogP contribution in [0.5, 0.6) is 0 Å². The predicted molar refractivity (Wildman–Crippen MR) is 244 cm³/mol. The van der Waals surface area contributed by atoms with Gasteiger partial charge in [0.05, 0.1) is 6.61 Å². The molecule has 8 nitrogen and oxygen atoms in total. The lowest BCUT2D eigenvalue weighted by Crippen LogP contribution is -2.29. The van der Waals surface area contributed by atoms with Crippen LogP contribution < -0.4 is 0 Å². The Morgan fingerprint density at radius 3 is 1.00 bits per heavy atom. The van der Waals surface area contributed by atoms with Crippen molar-refractivity contribution in [2.24, 2.45) is 11.8 Å². The van der Waals surface area contributed by atoms with Gasteiger partial charge in [-0.1, -0.05) is 246 Å². The number of hydrogen-bond acceptors (Lipinski definition) is 6. The number of ether oxygens (including phenoxy) is 2. The zero-order valence-corrected chi connectivity index (χ0v) is 39.7. The van der Waals surface area contributed by atoms with Gasteiger partial charge in [-0.25, -0.2) is 4.57 Å². The van der Waals surface area contributed by atoms with E-state index in [1.807, 2.05) is 0 Å². The second-order valence-electron chi connectivity index (χ2n) is 18.0. The van der Waals surface area contributed by atoms with Gasteiger partial charge in [-0.2, -0.15) is 0 Å². The zero-order chi connectivity index (χ0) is 42.8. The molecule has 0 heterocycles. The molecule has 0 saturated carbocycles. The third kappa shape index (κ3) is 44.6. The van der Waals surface area contributed by atoms with E-state index in [9.17, 15) is 14.2 Å². The molecule has 346 valence electrons. The zero-order valence-electron chi connectivity index (χ0n) is 38.8. The lowest BCUT2D eigenvalue weighted by Gasteiger charge is -2.18. The molecule has 0 radical (unpaired) electrons. The Balaban J connectivity index is 3.78. The summed E-state index contributed by atoms with van der Waals surface area (Å²) in [6.45, 7) is 8.51. The molecule has 2 unspecified atom stereocenters. The topological polar surface area (TPSA) is 119 Å². The summed E-state index contributed by atoms with van der Waals surface area (Å²) in [5.41, 5.74) is 0. The normalized spacial score (nSPS) is 13.4. The number of carbonyl (C=O) groups is 2. The molecule has 0 bridgehead atoms. The van der Waals surface area contributed by atoms with Gasteiger partial charge in [-0.3, -0.25) is 14.1 Å². The molecule has 3 atom stereocenters. The summed E-state index contributed by atoms with van der Waals surface area (Å²) < 4.78 is 26.5. The van der Waals surface area contributed by atoms with Gasteiger partial charge in [0, 0.05) is 12.8 Å². The fourth-order valence-electron chi connectivity index (χ4n) is 7.68. The molecule has 0 aliphatic rings. The van der Waals surface area contributed by atoms with E-state index in [2.05, 4.69) is 32.2 Å². The van der Waals surface area contributed by atoms with Gasteiger partial charge in [0.1, 0.15) is 6.61 Å². The molecular formula is C49H97O8P. The molecule has 0 aromatic rings. The Morgan fingerprint density at radius 2 is 0.707 bits per heavy atom. The molecule has 0 aromatic heterocycles. The maximum Gasteiger partial charge on any atom is 0.469 e. The first kappa shape index (κ1) is 57.1. The highest BCUT2D eigenvalue weighted by atomic mass is 31.2. The highest BCUT2D eigenvalue weighted by molar-refractivity contribution is 7.46.